The quantitative estimate of drug-likeness (QED) is 0.198. The molecule has 2 N–H and O–H groups in total. The summed E-state index contributed by atoms with van der Waals surface area (Å²) in [6.07, 6.45) is 3.42. The fourth-order valence-corrected chi connectivity index (χ4v) is 5.70. The highest BCUT2D eigenvalue weighted by molar-refractivity contribution is 6.05. The summed E-state index contributed by atoms with van der Waals surface area (Å²) in [5.41, 5.74) is 4.29. The van der Waals surface area contributed by atoms with E-state index in [9.17, 15) is 18.0 Å². The van der Waals surface area contributed by atoms with Gasteiger partial charge in [-0.3, -0.25) is 9.89 Å². The van der Waals surface area contributed by atoms with E-state index < -0.39 is 17.6 Å². The number of amides is 1. The number of alkyl halides is 3. The molecular weight excluding hydrogens is 539 g/mol. The Kier molecular flexibility index (Phi) is 9.26. The summed E-state index contributed by atoms with van der Waals surface area (Å²) in [7, 11) is 0. The van der Waals surface area contributed by atoms with Crippen LogP contribution in [0.5, 0.6) is 0 Å². The number of halogens is 3. The second-order valence-corrected chi connectivity index (χ2v) is 11.2. The van der Waals surface area contributed by atoms with Gasteiger partial charge in [0.05, 0.1) is 11.3 Å². The van der Waals surface area contributed by atoms with Gasteiger partial charge in [0.25, 0.3) is 5.91 Å². The molecule has 1 saturated heterocycles. The van der Waals surface area contributed by atoms with Gasteiger partial charge in [-0.1, -0.05) is 25.8 Å². The van der Waals surface area contributed by atoms with Crippen LogP contribution < -0.4 is 5.32 Å². The van der Waals surface area contributed by atoms with Crippen molar-refractivity contribution in [1.82, 2.24) is 20.1 Å². The lowest BCUT2D eigenvalue weighted by atomic mass is 10.00. The fraction of sp³-hybridized carbons (Fsp3) is 0.424. The van der Waals surface area contributed by atoms with Gasteiger partial charge in [0.15, 0.2) is 5.65 Å². The third-order valence-electron chi connectivity index (χ3n) is 8.09. The number of rotatable bonds is 9. The standard InChI is InChI=1S/C33H38F3N5O/c1-3-29-27-13-14-30(38-31(27)40-39-29)28-21-26(12-11-22(28)2)37-32(42)24-18-23(19-25(20-24)33(34,35)36)10-6-9-17-41-15-7-4-5-8-16-41/h11-14,18-21H,3-10,15-17H2,1-2H3,(H,37,42)(H,38,39,40). The molecule has 6 nitrogen and oxygen atoms in total. The largest absolute Gasteiger partial charge is 0.416 e. The third-order valence-corrected chi connectivity index (χ3v) is 8.09. The molecule has 1 fully saturated rings. The molecule has 0 radical (unpaired) electrons. The molecule has 2 aromatic heterocycles. The molecule has 3 heterocycles. The molecule has 9 heteroatoms. The van der Waals surface area contributed by atoms with Crippen molar-refractivity contribution in [3.63, 3.8) is 0 Å². The van der Waals surface area contributed by atoms with E-state index in [-0.39, 0.29) is 5.56 Å². The molecule has 1 aliphatic heterocycles. The lowest BCUT2D eigenvalue weighted by molar-refractivity contribution is -0.137. The fourth-order valence-electron chi connectivity index (χ4n) is 5.70. The van der Waals surface area contributed by atoms with Crippen molar-refractivity contribution in [1.29, 1.82) is 0 Å². The van der Waals surface area contributed by atoms with Crippen molar-refractivity contribution < 1.29 is 18.0 Å². The van der Waals surface area contributed by atoms with E-state index >= 15 is 0 Å². The number of carbonyl (C=O) groups excluding carboxylic acids is 1. The first kappa shape index (κ1) is 29.8. The zero-order valence-corrected chi connectivity index (χ0v) is 24.3. The zero-order chi connectivity index (χ0) is 29.7. The van der Waals surface area contributed by atoms with Crippen molar-refractivity contribution >= 4 is 22.6 Å². The van der Waals surface area contributed by atoms with E-state index in [4.69, 9.17) is 4.98 Å². The first-order valence-corrected chi connectivity index (χ1v) is 14.9. The van der Waals surface area contributed by atoms with E-state index in [0.29, 0.717) is 29.0 Å². The number of carbonyl (C=O) groups is 1. The van der Waals surface area contributed by atoms with Crippen molar-refractivity contribution in [2.45, 2.75) is 71.4 Å². The molecule has 2 aromatic carbocycles. The molecule has 0 aliphatic carbocycles. The van der Waals surface area contributed by atoms with E-state index in [2.05, 4.69) is 20.4 Å². The first-order chi connectivity index (χ1) is 20.2. The number of nitrogens with one attached hydrogen (secondary N) is 2. The van der Waals surface area contributed by atoms with Crippen LogP contribution in [0.25, 0.3) is 22.3 Å². The van der Waals surface area contributed by atoms with Crippen LogP contribution in [0.3, 0.4) is 0 Å². The zero-order valence-electron chi connectivity index (χ0n) is 24.3. The SMILES string of the molecule is CCc1[nH]nc2nc(-c3cc(NC(=O)c4cc(CCCCN5CCCCCC5)cc(C(F)(F)F)c4)ccc3C)ccc12. The van der Waals surface area contributed by atoms with E-state index in [1.165, 1.54) is 31.7 Å². The van der Waals surface area contributed by atoms with Gasteiger partial charge in [0, 0.05) is 27.9 Å². The number of H-pyrrole nitrogens is 1. The van der Waals surface area contributed by atoms with Crippen molar-refractivity contribution in [3.8, 4) is 11.3 Å². The number of unbranched alkanes of at least 4 members (excludes halogenated alkanes) is 1. The van der Waals surface area contributed by atoms with Gasteiger partial charge in [0.1, 0.15) is 0 Å². The second-order valence-electron chi connectivity index (χ2n) is 11.2. The highest BCUT2D eigenvalue weighted by atomic mass is 19.4. The number of anilines is 1. The number of hydrogen-bond donors (Lipinski definition) is 2. The summed E-state index contributed by atoms with van der Waals surface area (Å²) in [4.78, 5) is 20.4. The minimum Gasteiger partial charge on any atom is -0.322 e. The van der Waals surface area contributed by atoms with Gasteiger partial charge in [0.2, 0.25) is 0 Å². The van der Waals surface area contributed by atoms with Crippen LogP contribution in [0.15, 0.2) is 48.5 Å². The molecule has 222 valence electrons. The van der Waals surface area contributed by atoms with Crippen molar-refractivity contribution in [3.05, 3.63) is 76.5 Å². The van der Waals surface area contributed by atoms with Crippen LogP contribution >= 0.6 is 0 Å². The van der Waals surface area contributed by atoms with E-state index in [1.54, 1.807) is 18.2 Å². The summed E-state index contributed by atoms with van der Waals surface area (Å²) >= 11 is 0. The average molecular weight is 578 g/mol. The minimum absolute atomic E-state index is 0.00219. The number of nitrogens with zero attached hydrogens (tertiary/aromatic N) is 3. The van der Waals surface area contributed by atoms with Gasteiger partial charge in [-0.15, -0.1) is 0 Å². The summed E-state index contributed by atoms with van der Waals surface area (Å²) < 4.78 is 41.3. The maximum atomic E-state index is 13.8. The van der Waals surface area contributed by atoms with Gasteiger partial charge in [-0.2, -0.15) is 18.3 Å². The Bertz CT molecular complexity index is 1540. The van der Waals surface area contributed by atoms with Gasteiger partial charge in [-0.25, -0.2) is 4.98 Å². The van der Waals surface area contributed by atoms with E-state index in [1.807, 2.05) is 32.0 Å². The smallest absolute Gasteiger partial charge is 0.322 e. The molecular formula is C33H38F3N5O. The Morgan fingerprint density at radius 3 is 2.52 bits per heavy atom. The van der Waals surface area contributed by atoms with E-state index in [0.717, 1.165) is 67.2 Å². The number of likely N-dealkylation sites (tertiary alicyclic amines) is 1. The molecule has 0 bridgehead atoms. The Morgan fingerprint density at radius 1 is 1.00 bits per heavy atom. The Morgan fingerprint density at radius 2 is 1.79 bits per heavy atom. The first-order valence-electron chi connectivity index (χ1n) is 14.9. The number of hydrogen-bond acceptors (Lipinski definition) is 4. The number of aryl methyl sites for hydroxylation is 3. The van der Waals surface area contributed by atoms with Crippen LogP contribution in [-0.2, 0) is 19.0 Å². The second kappa shape index (κ2) is 13.1. The molecule has 0 spiro atoms. The minimum atomic E-state index is -4.54. The molecule has 42 heavy (non-hydrogen) atoms. The number of aromatic amines is 1. The van der Waals surface area contributed by atoms with Crippen LogP contribution in [0.2, 0.25) is 0 Å². The summed E-state index contributed by atoms with van der Waals surface area (Å²) in [5.74, 6) is -0.579. The van der Waals surface area contributed by atoms with Crippen molar-refractivity contribution in [2.24, 2.45) is 0 Å². The number of pyridine rings is 1. The number of benzene rings is 2. The van der Waals surface area contributed by atoms with Crippen LogP contribution in [0.1, 0.15) is 78.2 Å². The Hall–Kier alpha value is -3.72. The summed E-state index contributed by atoms with van der Waals surface area (Å²) in [6.45, 7) is 7.15. The molecule has 1 aliphatic rings. The molecule has 0 atom stereocenters. The lowest BCUT2D eigenvalue weighted by Gasteiger charge is -2.19. The number of fused-ring (bicyclic) bond motifs is 1. The highest BCUT2D eigenvalue weighted by Gasteiger charge is 2.32. The molecule has 0 unspecified atom stereocenters. The predicted molar refractivity (Wildman–Crippen MR) is 161 cm³/mol. The summed E-state index contributed by atoms with van der Waals surface area (Å²) in [6, 6.07) is 13.0. The monoisotopic (exact) mass is 577 g/mol. The molecule has 4 aromatic rings. The topological polar surface area (TPSA) is 73.9 Å². The van der Waals surface area contributed by atoms with Gasteiger partial charge in [-0.05, 0) is 119 Å². The number of aromatic nitrogens is 3. The molecule has 1 amide bonds. The Labute approximate surface area is 244 Å². The van der Waals surface area contributed by atoms with Crippen LogP contribution in [-0.4, -0.2) is 45.6 Å². The highest BCUT2D eigenvalue weighted by Crippen LogP contribution is 2.32. The predicted octanol–water partition coefficient (Wildman–Crippen LogP) is 7.97. The third kappa shape index (κ3) is 7.18. The average Bonchev–Trinajstić information content (AvgIpc) is 3.20. The Balaban J connectivity index is 1.31. The molecule has 0 saturated carbocycles. The summed E-state index contributed by atoms with van der Waals surface area (Å²) in [5, 5.41) is 11.1. The van der Waals surface area contributed by atoms with Crippen LogP contribution in [0, 0.1) is 6.92 Å². The molecule has 5 rings (SSSR count). The lowest BCUT2D eigenvalue weighted by Crippen LogP contribution is -2.25. The van der Waals surface area contributed by atoms with Gasteiger partial charge >= 0.3 is 6.18 Å². The maximum absolute atomic E-state index is 13.8. The van der Waals surface area contributed by atoms with Gasteiger partial charge < -0.3 is 10.2 Å². The van der Waals surface area contributed by atoms with Crippen LogP contribution in [0.4, 0.5) is 18.9 Å². The normalized spacial score (nSPS) is 14.7. The maximum Gasteiger partial charge on any atom is 0.416 e. The van der Waals surface area contributed by atoms with Crippen molar-refractivity contribution in [2.75, 3.05) is 25.0 Å².